The van der Waals surface area contributed by atoms with Gasteiger partial charge in [0.15, 0.2) is 11.5 Å². The third-order valence-corrected chi connectivity index (χ3v) is 5.80. The van der Waals surface area contributed by atoms with Crippen LogP contribution in [-0.2, 0) is 4.79 Å². The fraction of sp³-hybridized carbons (Fsp3) is 0.462. The van der Waals surface area contributed by atoms with Crippen molar-refractivity contribution in [1.29, 1.82) is 0 Å². The number of nitrogens with one attached hydrogen (secondary N) is 2. The number of aryl methyl sites for hydroxylation is 1. The number of benzene rings is 2. The molecule has 0 aromatic heterocycles. The van der Waals surface area contributed by atoms with Gasteiger partial charge < -0.3 is 25.0 Å². The van der Waals surface area contributed by atoms with Crippen molar-refractivity contribution in [2.24, 2.45) is 0 Å². The molecule has 7 nitrogen and oxygen atoms in total. The number of ether oxygens (including phenoxy) is 2. The second kappa shape index (κ2) is 11.6. The largest absolute Gasteiger partial charge is 0.490 e. The van der Waals surface area contributed by atoms with Crippen LogP contribution in [0, 0.1) is 6.92 Å². The molecule has 1 heterocycles. The zero-order chi connectivity index (χ0) is 23.8. The lowest BCUT2D eigenvalue weighted by Gasteiger charge is -2.33. The molecular formula is C26H35N3O4. The number of likely N-dealkylation sites (tertiary alicyclic amines) is 1. The van der Waals surface area contributed by atoms with Gasteiger partial charge >= 0.3 is 0 Å². The molecule has 178 valence electrons. The van der Waals surface area contributed by atoms with Gasteiger partial charge in [0.25, 0.3) is 5.91 Å². The van der Waals surface area contributed by atoms with Crippen LogP contribution in [0.4, 0.5) is 11.4 Å². The van der Waals surface area contributed by atoms with Crippen molar-refractivity contribution in [3.8, 4) is 11.5 Å². The Hall–Kier alpha value is -3.22. The molecule has 0 saturated carbocycles. The minimum atomic E-state index is -0.177. The predicted octanol–water partition coefficient (Wildman–Crippen LogP) is 4.86. The lowest BCUT2D eigenvalue weighted by atomic mass is 10.0. The van der Waals surface area contributed by atoms with Gasteiger partial charge in [0.05, 0.1) is 19.8 Å². The quantitative estimate of drug-likeness (QED) is 0.567. The second-order valence-electron chi connectivity index (χ2n) is 8.30. The van der Waals surface area contributed by atoms with E-state index >= 15 is 0 Å². The molecule has 1 fully saturated rings. The van der Waals surface area contributed by atoms with Crippen LogP contribution in [0.3, 0.4) is 0 Å². The molecule has 2 amide bonds. The molecule has 1 unspecified atom stereocenters. The lowest BCUT2D eigenvalue weighted by molar-refractivity contribution is -0.114. The Morgan fingerprint density at radius 1 is 1.03 bits per heavy atom. The van der Waals surface area contributed by atoms with E-state index in [1.807, 2.05) is 43.9 Å². The monoisotopic (exact) mass is 453 g/mol. The van der Waals surface area contributed by atoms with E-state index < -0.39 is 0 Å². The van der Waals surface area contributed by atoms with Crippen LogP contribution < -0.4 is 20.1 Å². The van der Waals surface area contributed by atoms with Crippen LogP contribution in [0.25, 0.3) is 0 Å². The summed E-state index contributed by atoms with van der Waals surface area (Å²) in [7, 11) is 0. The normalized spacial score (nSPS) is 15.6. The van der Waals surface area contributed by atoms with E-state index in [1.165, 1.54) is 6.42 Å². The van der Waals surface area contributed by atoms with Crippen molar-refractivity contribution in [3.05, 3.63) is 47.5 Å². The van der Waals surface area contributed by atoms with Gasteiger partial charge in [0.2, 0.25) is 5.91 Å². The Balaban J connectivity index is 1.59. The van der Waals surface area contributed by atoms with Crippen LogP contribution in [-0.4, -0.2) is 49.1 Å². The zero-order valence-electron chi connectivity index (χ0n) is 20.1. The Morgan fingerprint density at radius 2 is 1.79 bits per heavy atom. The van der Waals surface area contributed by atoms with E-state index in [4.69, 9.17) is 9.47 Å². The molecule has 0 spiro atoms. The number of anilines is 2. The SMILES string of the molecule is CCOc1ccc(NC(=O)CNc2ccc(C(=O)N3CCCCC3C)cc2C)cc1OCC. The van der Waals surface area contributed by atoms with E-state index in [-0.39, 0.29) is 24.4 Å². The zero-order valence-corrected chi connectivity index (χ0v) is 20.1. The third kappa shape index (κ3) is 6.40. The summed E-state index contributed by atoms with van der Waals surface area (Å²) < 4.78 is 11.2. The third-order valence-electron chi connectivity index (χ3n) is 5.80. The number of hydrogen-bond acceptors (Lipinski definition) is 5. The number of amides is 2. The molecule has 2 aromatic rings. The molecular weight excluding hydrogens is 418 g/mol. The maximum absolute atomic E-state index is 12.9. The van der Waals surface area contributed by atoms with Gasteiger partial charge in [-0.05, 0) is 82.9 Å². The minimum absolute atomic E-state index is 0.0789. The Morgan fingerprint density at radius 3 is 2.48 bits per heavy atom. The van der Waals surface area contributed by atoms with Crippen LogP contribution in [0.15, 0.2) is 36.4 Å². The van der Waals surface area contributed by atoms with Crippen LogP contribution in [0.2, 0.25) is 0 Å². The highest BCUT2D eigenvalue weighted by Crippen LogP contribution is 2.30. The molecule has 3 rings (SSSR count). The van der Waals surface area contributed by atoms with Crippen LogP contribution >= 0.6 is 0 Å². The summed E-state index contributed by atoms with van der Waals surface area (Å²) in [6.45, 7) is 9.83. The number of rotatable bonds is 9. The summed E-state index contributed by atoms with van der Waals surface area (Å²) in [5.41, 5.74) is 3.09. The fourth-order valence-electron chi connectivity index (χ4n) is 4.07. The molecule has 1 aliphatic heterocycles. The van der Waals surface area contributed by atoms with Gasteiger partial charge in [-0.1, -0.05) is 0 Å². The number of carbonyl (C=O) groups is 2. The maximum atomic E-state index is 12.9. The molecule has 1 atom stereocenters. The number of piperidine rings is 1. The second-order valence-corrected chi connectivity index (χ2v) is 8.30. The topological polar surface area (TPSA) is 79.9 Å². The van der Waals surface area contributed by atoms with Gasteiger partial charge in [0.1, 0.15) is 0 Å². The first kappa shape index (κ1) is 24.4. The summed E-state index contributed by atoms with van der Waals surface area (Å²) in [5.74, 6) is 1.16. The summed E-state index contributed by atoms with van der Waals surface area (Å²) in [6, 6.07) is 11.2. The summed E-state index contributed by atoms with van der Waals surface area (Å²) in [5, 5.41) is 6.05. The summed E-state index contributed by atoms with van der Waals surface area (Å²) in [6.07, 6.45) is 3.29. The van der Waals surface area contributed by atoms with E-state index in [0.29, 0.717) is 36.0 Å². The molecule has 0 bridgehead atoms. The highest BCUT2D eigenvalue weighted by Gasteiger charge is 2.24. The predicted molar refractivity (Wildman–Crippen MR) is 131 cm³/mol. The molecule has 33 heavy (non-hydrogen) atoms. The first-order chi connectivity index (χ1) is 15.9. The van der Waals surface area contributed by atoms with Crippen molar-refractivity contribution >= 4 is 23.2 Å². The average Bonchev–Trinajstić information content (AvgIpc) is 2.80. The molecule has 1 aliphatic rings. The van der Waals surface area contributed by atoms with Gasteiger partial charge in [-0.25, -0.2) is 0 Å². The van der Waals surface area contributed by atoms with E-state index in [9.17, 15) is 9.59 Å². The maximum Gasteiger partial charge on any atom is 0.254 e. The van der Waals surface area contributed by atoms with Crippen LogP contribution in [0.5, 0.6) is 11.5 Å². The van der Waals surface area contributed by atoms with Gasteiger partial charge in [-0.2, -0.15) is 0 Å². The van der Waals surface area contributed by atoms with E-state index in [2.05, 4.69) is 17.6 Å². The van der Waals surface area contributed by atoms with Crippen molar-refractivity contribution in [3.63, 3.8) is 0 Å². The van der Waals surface area contributed by atoms with Crippen molar-refractivity contribution < 1.29 is 19.1 Å². The molecule has 1 saturated heterocycles. The summed E-state index contributed by atoms with van der Waals surface area (Å²) in [4.78, 5) is 27.4. The molecule has 7 heteroatoms. The van der Waals surface area contributed by atoms with E-state index in [1.54, 1.807) is 18.2 Å². The van der Waals surface area contributed by atoms with Crippen molar-refractivity contribution in [2.75, 3.05) is 36.9 Å². The van der Waals surface area contributed by atoms with Gasteiger partial charge in [0, 0.05) is 35.6 Å². The molecule has 2 N–H and O–H groups in total. The van der Waals surface area contributed by atoms with Gasteiger partial charge in [-0.15, -0.1) is 0 Å². The average molecular weight is 454 g/mol. The fourth-order valence-corrected chi connectivity index (χ4v) is 4.07. The lowest BCUT2D eigenvalue weighted by Crippen LogP contribution is -2.42. The number of hydrogen-bond donors (Lipinski definition) is 2. The molecule has 0 aliphatic carbocycles. The van der Waals surface area contributed by atoms with Crippen molar-refractivity contribution in [1.82, 2.24) is 4.90 Å². The Labute approximate surface area is 196 Å². The Kier molecular flexibility index (Phi) is 8.58. The molecule has 2 aromatic carbocycles. The highest BCUT2D eigenvalue weighted by molar-refractivity contribution is 5.96. The molecule has 0 radical (unpaired) electrons. The minimum Gasteiger partial charge on any atom is -0.490 e. The Bertz CT molecular complexity index is 976. The van der Waals surface area contributed by atoms with Crippen LogP contribution in [0.1, 0.15) is 56.0 Å². The smallest absolute Gasteiger partial charge is 0.254 e. The number of nitrogens with zero attached hydrogens (tertiary/aromatic N) is 1. The highest BCUT2D eigenvalue weighted by atomic mass is 16.5. The number of carbonyl (C=O) groups excluding carboxylic acids is 2. The standard InChI is InChI=1S/C26H35N3O4/c1-5-32-23-13-11-21(16-24(23)33-6-2)28-25(30)17-27-22-12-10-20(15-18(22)3)26(31)29-14-8-7-9-19(29)4/h10-13,15-16,19,27H,5-9,14,17H2,1-4H3,(H,28,30). The first-order valence-electron chi connectivity index (χ1n) is 11.8. The summed E-state index contributed by atoms with van der Waals surface area (Å²) >= 11 is 0. The van der Waals surface area contributed by atoms with E-state index in [0.717, 1.165) is 30.6 Å². The van der Waals surface area contributed by atoms with Crippen molar-refractivity contribution in [2.45, 2.75) is 53.0 Å². The van der Waals surface area contributed by atoms with Gasteiger partial charge in [-0.3, -0.25) is 9.59 Å². The first-order valence-corrected chi connectivity index (χ1v) is 11.8.